The van der Waals surface area contributed by atoms with Crippen LogP contribution in [0.25, 0.3) is 0 Å². The zero-order chi connectivity index (χ0) is 21.7. The molecule has 3 aliphatic rings. The minimum atomic E-state index is -0.111. The highest BCUT2D eigenvalue weighted by Gasteiger charge is 2.59. The number of nitrogens with one attached hydrogen (secondary N) is 2. The van der Waals surface area contributed by atoms with E-state index < -0.39 is 0 Å². The second-order valence-corrected chi connectivity index (χ2v) is 9.48. The minimum Gasteiger partial charge on any atom is -0.393 e. The first-order valence-corrected chi connectivity index (χ1v) is 12.3. The molecule has 32 heavy (non-hydrogen) atoms. The van der Waals surface area contributed by atoms with Crippen LogP contribution in [0.5, 0.6) is 0 Å². The van der Waals surface area contributed by atoms with Crippen molar-refractivity contribution in [2.45, 2.75) is 83.7 Å². The van der Waals surface area contributed by atoms with E-state index in [0.29, 0.717) is 24.1 Å². The van der Waals surface area contributed by atoms with E-state index in [0.717, 1.165) is 58.0 Å². The summed E-state index contributed by atoms with van der Waals surface area (Å²) in [4.78, 5) is 7.30. The van der Waals surface area contributed by atoms with E-state index in [9.17, 15) is 5.11 Å². The lowest BCUT2D eigenvalue weighted by molar-refractivity contribution is -0.168. The Morgan fingerprint density at radius 1 is 1.16 bits per heavy atom. The van der Waals surface area contributed by atoms with Gasteiger partial charge in [-0.05, 0) is 57.1 Å². The largest absolute Gasteiger partial charge is 0.393 e. The van der Waals surface area contributed by atoms with Crippen molar-refractivity contribution < 1.29 is 9.84 Å². The van der Waals surface area contributed by atoms with Crippen molar-refractivity contribution >= 4 is 29.9 Å². The summed E-state index contributed by atoms with van der Waals surface area (Å²) in [5, 5.41) is 16.8. The Kier molecular flexibility index (Phi) is 9.64. The number of piperidine rings is 1. The molecule has 1 spiro atoms. The molecule has 2 saturated carbocycles. The van der Waals surface area contributed by atoms with Gasteiger partial charge in [-0.25, -0.2) is 4.99 Å². The van der Waals surface area contributed by atoms with Gasteiger partial charge in [0.05, 0.1) is 18.8 Å². The van der Waals surface area contributed by atoms with Crippen molar-refractivity contribution in [2.75, 3.05) is 26.2 Å². The van der Waals surface area contributed by atoms with E-state index >= 15 is 0 Å². The summed E-state index contributed by atoms with van der Waals surface area (Å²) in [7, 11) is 0. The molecule has 0 radical (unpaired) electrons. The van der Waals surface area contributed by atoms with E-state index in [2.05, 4.69) is 53.6 Å². The summed E-state index contributed by atoms with van der Waals surface area (Å²) in [6, 6.07) is 9.31. The van der Waals surface area contributed by atoms with Gasteiger partial charge in [0.25, 0.3) is 0 Å². The number of aliphatic imine (C=N–C) groups is 1. The van der Waals surface area contributed by atoms with Gasteiger partial charge in [0.1, 0.15) is 0 Å². The standard InChI is InChI=1S/C25H40N4O2.HI/c1-3-26-24(28-22-16-23(31-4-2)25(22)12-5-13-25)27-17-19-6-8-20(9-7-19)18-29-14-10-21(30)11-15-29;/h6-9,21-23,30H,3-5,10-18H2,1-2H3,(H2,26,27,28);1H. The summed E-state index contributed by atoms with van der Waals surface area (Å²) >= 11 is 0. The molecule has 180 valence electrons. The molecule has 6 nitrogen and oxygen atoms in total. The number of ether oxygens (including phenoxy) is 1. The van der Waals surface area contributed by atoms with Crippen molar-refractivity contribution in [3.05, 3.63) is 35.4 Å². The van der Waals surface area contributed by atoms with E-state index in [1.807, 2.05) is 0 Å². The molecule has 0 bridgehead atoms. The zero-order valence-corrected chi connectivity index (χ0v) is 22.0. The number of halogens is 1. The van der Waals surface area contributed by atoms with Gasteiger partial charge >= 0.3 is 0 Å². The quantitative estimate of drug-likeness (QED) is 0.259. The van der Waals surface area contributed by atoms with Gasteiger partial charge in [0, 0.05) is 44.2 Å². The van der Waals surface area contributed by atoms with Gasteiger partial charge in [-0.1, -0.05) is 30.7 Å². The first kappa shape index (κ1) is 25.7. The van der Waals surface area contributed by atoms with Crippen molar-refractivity contribution in [3.8, 4) is 0 Å². The number of nitrogens with zero attached hydrogens (tertiary/aromatic N) is 2. The third-order valence-corrected chi connectivity index (χ3v) is 7.50. The summed E-state index contributed by atoms with van der Waals surface area (Å²) in [6.07, 6.45) is 7.03. The highest BCUT2D eigenvalue weighted by Crippen LogP contribution is 2.57. The van der Waals surface area contributed by atoms with Crippen molar-refractivity contribution in [1.29, 1.82) is 0 Å². The number of aliphatic hydroxyl groups is 1. The molecule has 7 heteroatoms. The fourth-order valence-corrected chi connectivity index (χ4v) is 5.38. The van der Waals surface area contributed by atoms with Crippen LogP contribution in [0.4, 0.5) is 0 Å². The van der Waals surface area contributed by atoms with Gasteiger partial charge < -0.3 is 20.5 Å². The highest BCUT2D eigenvalue weighted by molar-refractivity contribution is 14.0. The van der Waals surface area contributed by atoms with Crippen LogP contribution in [0.2, 0.25) is 0 Å². The molecule has 1 aromatic carbocycles. The summed E-state index contributed by atoms with van der Waals surface area (Å²) in [5.41, 5.74) is 2.89. The van der Waals surface area contributed by atoms with Gasteiger partial charge in [0.2, 0.25) is 0 Å². The zero-order valence-electron chi connectivity index (χ0n) is 19.7. The molecule has 3 fully saturated rings. The van der Waals surface area contributed by atoms with Gasteiger partial charge in [-0.2, -0.15) is 0 Å². The number of likely N-dealkylation sites (tertiary alicyclic amines) is 1. The number of hydrogen-bond acceptors (Lipinski definition) is 4. The van der Waals surface area contributed by atoms with Crippen LogP contribution in [0.1, 0.15) is 63.5 Å². The second kappa shape index (κ2) is 12.0. The van der Waals surface area contributed by atoms with Crippen LogP contribution in [0.3, 0.4) is 0 Å². The normalized spacial score (nSPS) is 25.5. The maximum Gasteiger partial charge on any atom is 0.191 e. The van der Waals surface area contributed by atoms with Crippen LogP contribution in [0.15, 0.2) is 29.3 Å². The monoisotopic (exact) mass is 556 g/mol. The highest BCUT2D eigenvalue weighted by atomic mass is 127. The first-order valence-electron chi connectivity index (χ1n) is 12.3. The number of aliphatic hydroxyl groups excluding tert-OH is 1. The van der Waals surface area contributed by atoms with E-state index in [1.165, 1.54) is 30.4 Å². The second-order valence-electron chi connectivity index (χ2n) is 9.48. The predicted molar refractivity (Wildman–Crippen MR) is 140 cm³/mol. The van der Waals surface area contributed by atoms with Gasteiger partial charge in [-0.3, -0.25) is 4.90 Å². The molecule has 2 unspecified atom stereocenters. The Hall–Kier alpha value is -0.900. The lowest BCUT2D eigenvalue weighted by atomic mass is 9.51. The Balaban J connectivity index is 0.00000289. The lowest BCUT2D eigenvalue weighted by Crippen LogP contribution is -2.68. The molecule has 1 aliphatic heterocycles. The molecular weight excluding hydrogens is 515 g/mol. The Morgan fingerprint density at radius 2 is 1.84 bits per heavy atom. The fraction of sp³-hybridized carbons (Fsp3) is 0.720. The average molecular weight is 557 g/mol. The Morgan fingerprint density at radius 3 is 2.44 bits per heavy atom. The average Bonchev–Trinajstić information content (AvgIpc) is 2.72. The minimum absolute atomic E-state index is 0. The first-order chi connectivity index (χ1) is 15.1. The molecule has 1 heterocycles. The number of guanidine groups is 1. The third-order valence-electron chi connectivity index (χ3n) is 7.50. The molecule has 2 atom stereocenters. The SMILES string of the molecule is CCNC(=NCc1ccc(CN2CCC(O)CC2)cc1)NC1CC(OCC)C12CCC2.I. The van der Waals surface area contributed by atoms with Gasteiger partial charge in [0.15, 0.2) is 5.96 Å². The third kappa shape index (κ3) is 5.96. The topological polar surface area (TPSA) is 69.1 Å². The molecule has 0 aromatic heterocycles. The number of rotatable bonds is 8. The van der Waals surface area contributed by atoms with Crippen molar-refractivity contribution in [2.24, 2.45) is 10.4 Å². The Labute approximate surface area is 210 Å². The molecule has 4 rings (SSSR count). The molecule has 3 N–H and O–H groups in total. The fourth-order valence-electron chi connectivity index (χ4n) is 5.38. The number of hydrogen-bond donors (Lipinski definition) is 3. The summed E-state index contributed by atoms with van der Waals surface area (Å²) in [6.45, 7) is 9.50. The maximum absolute atomic E-state index is 9.67. The van der Waals surface area contributed by atoms with Crippen LogP contribution >= 0.6 is 24.0 Å². The van der Waals surface area contributed by atoms with Crippen LogP contribution in [-0.2, 0) is 17.8 Å². The molecule has 1 saturated heterocycles. The summed E-state index contributed by atoms with van der Waals surface area (Å²) < 4.78 is 5.99. The van der Waals surface area contributed by atoms with E-state index in [-0.39, 0.29) is 30.1 Å². The predicted octanol–water partition coefficient (Wildman–Crippen LogP) is 3.66. The molecular formula is C25H41IN4O2. The van der Waals surface area contributed by atoms with Gasteiger partial charge in [-0.15, -0.1) is 24.0 Å². The van der Waals surface area contributed by atoms with Crippen molar-refractivity contribution in [3.63, 3.8) is 0 Å². The lowest BCUT2D eigenvalue weighted by Gasteiger charge is -2.61. The van der Waals surface area contributed by atoms with E-state index in [1.54, 1.807) is 0 Å². The van der Waals surface area contributed by atoms with Crippen LogP contribution < -0.4 is 10.6 Å². The molecule has 2 aliphatic carbocycles. The maximum atomic E-state index is 9.67. The summed E-state index contributed by atoms with van der Waals surface area (Å²) in [5.74, 6) is 0.921. The van der Waals surface area contributed by atoms with E-state index in [4.69, 9.17) is 9.73 Å². The van der Waals surface area contributed by atoms with Crippen LogP contribution in [-0.4, -0.2) is 60.5 Å². The number of benzene rings is 1. The molecule has 1 aromatic rings. The Bertz CT molecular complexity index is 730. The van der Waals surface area contributed by atoms with Crippen molar-refractivity contribution in [1.82, 2.24) is 15.5 Å². The smallest absolute Gasteiger partial charge is 0.191 e. The van der Waals surface area contributed by atoms with Crippen LogP contribution in [0, 0.1) is 5.41 Å². The molecule has 0 amide bonds.